The van der Waals surface area contributed by atoms with Gasteiger partial charge in [-0.05, 0) is 30.7 Å². The van der Waals surface area contributed by atoms with Crippen LogP contribution in [0.25, 0.3) is 22.1 Å². The Bertz CT molecular complexity index is 1110. The number of nitrogens with zero attached hydrogens (tertiary/aromatic N) is 3. The number of benzene rings is 2. The van der Waals surface area contributed by atoms with Crippen molar-refractivity contribution in [2.75, 3.05) is 19.5 Å². The number of imidazole rings is 2. The van der Waals surface area contributed by atoms with E-state index in [1.807, 2.05) is 47.0 Å². The number of aromatic nitrogens is 4. The van der Waals surface area contributed by atoms with E-state index in [0.29, 0.717) is 13.2 Å². The third kappa shape index (κ3) is 3.65. The predicted octanol–water partition coefficient (Wildman–Crippen LogP) is 3.51. The largest absolute Gasteiger partial charge is 0.383 e. The summed E-state index contributed by atoms with van der Waals surface area (Å²) in [5, 5.41) is 1.000. The number of hydrogen-bond acceptors (Lipinski definition) is 4. The van der Waals surface area contributed by atoms with Crippen LogP contribution in [-0.4, -0.2) is 38.6 Å². The zero-order valence-corrected chi connectivity index (χ0v) is 16.0. The molecule has 7 heteroatoms. The maximum Gasteiger partial charge on any atom is 0.326 e. The second-order valence-corrected chi connectivity index (χ2v) is 7.39. The Morgan fingerprint density at radius 1 is 1.04 bits per heavy atom. The monoisotopic (exact) mass is 382 g/mol. The molecule has 0 fully saturated rings. The summed E-state index contributed by atoms with van der Waals surface area (Å²) >= 11 is 1.73. The lowest BCUT2D eigenvalue weighted by molar-refractivity contribution is 0.186. The fraction of sp³-hybridized carbons (Fsp3) is 0.300. The SMILES string of the molecule is COCCn1c(SCCCn2c(=O)[nH]c3ccccc32)nc2ccccc21. The van der Waals surface area contributed by atoms with Gasteiger partial charge in [0.1, 0.15) is 0 Å². The third-order valence-electron chi connectivity index (χ3n) is 4.58. The molecule has 0 radical (unpaired) electrons. The molecule has 0 aliphatic carbocycles. The highest BCUT2D eigenvalue weighted by molar-refractivity contribution is 7.99. The zero-order valence-electron chi connectivity index (χ0n) is 15.2. The Balaban J connectivity index is 1.46. The first-order valence-electron chi connectivity index (χ1n) is 9.02. The van der Waals surface area contributed by atoms with Crippen molar-refractivity contribution in [2.24, 2.45) is 0 Å². The first-order chi connectivity index (χ1) is 13.3. The van der Waals surface area contributed by atoms with Crippen LogP contribution >= 0.6 is 11.8 Å². The molecule has 27 heavy (non-hydrogen) atoms. The van der Waals surface area contributed by atoms with E-state index in [-0.39, 0.29) is 5.69 Å². The highest BCUT2D eigenvalue weighted by atomic mass is 32.2. The van der Waals surface area contributed by atoms with Gasteiger partial charge in [0, 0.05) is 26.0 Å². The topological polar surface area (TPSA) is 64.8 Å². The molecule has 4 aromatic rings. The smallest absolute Gasteiger partial charge is 0.326 e. The molecule has 0 spiro atoms. The lowest BCUT2D eigenvalue weighted by Gasteiger charge is -2.08. The summed E-state index contributed by atoms with van der Waals surface area (Å²) in [7, 11) is 1.71. The number of H-pyrrole nitrogens is 1. The van der Waals surface area contributed by atoms with E-state index < -0.39 is 0 Å². The van der Waals surface area contributed by atoms with Crippen LogP contribution in [0.15, 0.2) is 58.5 Å². The third-order valence-corrected chi connectivity index (χ3v) is 5.64. The number of nitrogens with one attached hydrogen (secondary N) is 1. The minimum absolute atomic E-state index is 0.0477. The number of rotatable bonds is 8. The summed E-state index contributed by atoms with van der Waals surface area (Å²) in [6, 6.07) is 16.0. The molecule has 0 atom stereocenters. The van der Waals surface area contributed by atoms with E-state index in [1.165, 1.54) is 0 Å². The number of para-hydroxylation sites is 4. The van der Waals surface area contributed by atoms with E-state index in [2.05, 4.69) is 15.6 Å². The fourth-order valence-electron chi connectivity index (χ4n) is 3.28. The summed E-state index contributed by atoms with van der Waals surface area (Å²) in [4.78, 5) is 19.8. The highest BCUT2D eigenvalue weighted by Crippen LogP contribution is 2.24. The molecule has 2 aromatic heterocycles. The minimum Gasteiger partial charge on any atom is -0.383 e. The second-order valence-electron chi connectivity index (χ2n) is 6.33. The van der Waals surface area contributed by atoms with Gasteiger partial charge in [-0.1, -0.05) is 36.0 Å². The average molecular weight is 382 g/mol. The second kappa shape index (κ2) is 8.02. The van der Waals surface area contributed by atoms with Gasteiger partial charge in [-0.25, -0.2) is 9.78 Å². The van der Waals surface area contributed by atoms with Gasteiger partial charge in [-0.15, -0.1) is 0 Å². The van der Waals surface area contributed by atoms with Gasteiger partial charge in [0.05, 0.1) is 28.7 Å². The molecule has 140 valence electrons. The van der Waals surface area contributed by atoms with Crippen molar-refractivity contribution in [3.8, 4) is 0 Å². The normalized spacial score (nSPS) is 11.6. The minimum atomic E-state index is -0.0477. The quantitative estimate of drug-likeness (QED) is 0.374. The summed E-state index contributed by atoms with van der Waals surface area (Å²) in [6.45, 7) is 2.12. The number of aryl methyl sites for hydroxylation is 1. The molecule has 0 aliphatic rings. The van der Waals surface area contributed by atoms with Crippen molar-refractivity contribution in [1.82, 2.24) is 19.1 Å². The zero-order chi connectivity index (χ0) is 18.6. The van der Waals surface area contributed by atoms with Crippen molar-refractivity contribution in [3.63, 3.8) is 0 Å². The standard InChI is InChI=1S/C20H22N4O2S/c1-26-13-12-24-18-10-5-3-8-16(18)22-20(24)27-14-6-11-23-17-9-4-2-7-15(17)21-19(23)25/h2-5,7-10H,6,11-14H2,1H3,(H,21,25). The molecule has 0 bridgehead atoms. The number of ether oxygens (including phenoxy) is 1. The van der Waals surface area contributed by atoms with Gasteiger partial charge in [0.15, 0.2) is 5.16 Å². The molecular weight excluding hydrogens is 360 g/mol. The lowest BCUT2D eigenvalue weighted by Crippen LogP contribution is -2.17. The molecule has 2 aromatic carbocycles. The summed E-state index contributed by atoms with van der Waals surface area (Å²) < 4.78 is 9.27. The van der Waals surface area contributed by atoms with Crippen LogP contribution in [0.2, 0.25) is 0 Å². The molecule has 0 saturated heterocycles. The van der Waals surface area contributed by atoms with Crippen molar-refractivity contribution < 1.29 is 4.74 Å². The molecule has 2 heterocycles. The summed E-state index contributed by atoms with van der Waals surface area (Å²) in [5.74, 6) is 0.891. The number of aromatic amines is 1. The first-order valence-corrected chi connectivity index (χ1v) is 10.0. The van der Waals surface area contributed by atoms with Crippen LogP contribution in [0.4, 0.5) is 0 Å². The molecule has 0 amide bonds. The van der Waals surface area contributed by atoms with E-state index in [9.17, 15) is 4.79 Å². The number of thioether (sulfide) groups is 1. The van der Waals surface area contributed by atoms with E-state index >= 15 is 0 Å². The van der Waals surface area contributed by atoms with Crippen LogP contribution in [0, 0.1) is 0 Å². The molecular formula is C20H22N4O2S. The van der Waals surface area contributed by atoms with Crippen molar-refractivity contribution in [1.29, 1.82) is 0 Å². The van der Waals surface area contributed by atoms with Crippen molar-refractivity contribution in [2.45, 2.75) is 24.7 Å². The van der Waals surface area contributed by atoms with Gasteiger partial charge in [-0.2, -0.15) is 0 Å². The molecule has 0 aliphatic heterocycles. The Morgan fingerprint density at radius 2 is 1.81 bits per heavy atom. The van der Waals surface area contributed by atoms with Crippen molar-refractivity contribution in [3.05, 3.63) is 59.0 Å². The summed E-state index contributed by atoms with van der Waals surface area (Å²) in [6.07, 6.45) is 0.889. The maximum atomic E-state index is 12.2. The number of fused-ring (bicyclic) bond motifs is 2. The molecule has 0 saturated carbocycles. The van der Waals surface area contributed by atoms with Crippen LogP contribution in [0.5, 0.6) is 0 Å². The van der Waals surface area contributed by atoms with E-state index in [4.69, 9.17) is 9.72 Å². The maximum absolute atomic E-state index is 12.2. The van der Waals surface area contributed by atoms with Gasteiger partial charge in [0.2, 0.25) is 0 Å². The Kier molecular flexibility index (Phi) is 5.31. The predicted molar refractivity (Wildman–Crippen MR) is 110 cm³/mol. The highest BCUT2D eigenvalue weighted by Gasteiger charge is 2.11. The number of methoxy groups -OCH3 is 1. The fourth-order valence-corrected chi connectivity index (χ4v) is 4.24. The number of hydrogen-bond donors (Lipinski definition) is 1. The van der Waals surface area contributed by atoms with Gasteiger partial charge in [0.25, 0.3) is 0 Å². The Morgan fingerprint density at radius 3 is 2.67 bits per heavy atom. The van der Waals surface area contributed by atoms with Crippen LogP contribution < -0.4 is 5.69 Å². The lowest BCUT2D eigenvalue weighted by atomic mass is 10.3. The van der Waals surface area contributed by atoms with E-state index in [0.717, 1.165) is 45.9 Å². The summed E-state index contributed by atoms with van der Waals surface area (Å²) in [5.41, 5.74) is 3.93. The van der Waals surface area contributed by atoms with Crippen LogP contribution in [-0.2, 0) is 17.8 Å². The average Bonchev–Trinajstić information content (AvgIpc) is 3.20. The Labute approximate surface area is 161 Å². The molecule has 0 unspecified atom stereocenters. The van der Waals surface area contributed by atoms with E-state index in [1.54, 1.807) is 18.9 Å². The van der Waals surface area contributed by atoms with Gasteiger partial charge in [-0.3, -0.25) is 4.57 Å². The van der Waals surface area contributed by atoms with Crippen molar-refractivity contribution >= 4 is 33.8 Å². The van der Waals surface area contributed by atoms with Crippen LogP contribution in [0.1, 0.15) is 6.42 Å². The molecule has 4 rings (SSSR count). The molecule has 6 nitrogen and oxygen atoms in total. The first kappa shape index (κ1) is 17.9. The molecule has 1 N–H and O–H groups in total. The van der Waals surface area contributed by atoms with Gasteiger partial charge >= 0.3 is 5.69 Å². The Hall–Kier alpha value is -2.51. The van der Waals surface area contributed by atoms with Gasteiger partial charge < -0.3 is 14.3 Å². The van der Waals surface area contributed by atoms with Crippen LogP contribution in [0.3, 0.4) is 0 Å².